The molecule has 0 heterocycles. The normalized spacial score (nSPS) is 12.5. The fourth-order valence-corrected chi connectivity index (χ4v) is 3.18. The molecule has 0 bridgehead atoms. The summed E-state index contributed by atoms with van der Waals surface area (Å²) in [4.78, 5) is 0. The molecule has 1 aliphatic rings. The van der Waals surface area contributed by atoms with Crippen LogP contribution in [0.5, 0.6) is 0 Å². The first kappa shape index (κ1) is 22.5. The van der Waals surface area contributed by atoms with Crippen LogP contribution >= 0.6 is 0 Å². The van der Waals surface area contributed by atoms with Crippen molar-refractivity contribution in [3.05, 3.63) is 71.8 Å². The molecule has 0 unspecified atom stereocenters. The van der Waals surface area contributed by atoms with Crippen LogP contribution in [0.15, 0.2) is 66.3 Å². The molecule has 4 heteroatoms. The van der Waals surface area contributed by atoms with Crippen LogP contribution in [0.2, 0.25) is 13.1 Å². The third-order valence-electron chi connectivity index (χ3n) is 4.15. The summed E-state index contributed by atoms with van der Waals surface area (Å²) in [5, 5.41) is 5.47. The maximum atomic E-state index is 2.33. The minimum absolute atomic E-state index is 0. The van der Waals surface area contributed by atoms with Crippen LogP contribution in [0.25, 0.3) is 27.1 Å². The Balaban J connectivity index is 0.000000476. The Labute approximate surface area is 177 Å². The second-order valence-electron chi connectivity index (χ2n) is 6.27. The minimum Gasteiger partial charge on any atom is -1.00 e. The number of fused-ring (bicyclic) bond motifs is 3. The summed E-state index contributed by atoms with van der Waals surface area (Å²) < 4.78 is 0. The summed E-state index contributed by atoms with van der Waals surface area (Å²) in [7, 11) is 0. The number of hydrogen-bond donors (Lipinski definition) is 0. The van der Waals surface area contributed by atoms with E-state index >= 15 is 0 Å². The molecule has 128 valence electrons. The third kappa shape index (κ3) is 5.01. The molecule has 0 N–H and O–H groups in total. The van der Waals surface area contributed by atoms with Gasteiger partial charge in [0.1, 0.15) is 0 Å². The van der Waals surface area contributed by atoms with Crippen molar-refractivity contribution >= 4 is 32.6 Å². The molecule has 0 amide bonds. The molecule has 1 aliphatic carbocycles. The molecule has 0 spiro atoms. The van der Waals surface area contributed by atoms with Crippen LogP contribution in [0.3, 0.4) is 0 Å². The average molecular weight is 464 g/mol. The molecule has 4 rings (SSSR count). The second-order valence-corrected chi connectivity index (χ2v) is 15.6. The fraction of sp³-hybridized carbons (Fsp3) is 0.190. The van der Waals surface area contributed by atoms with E-state index in [1.807, 2.05) is 0 Å². The molecule has 0 fully saturated rings. The van der Waals surface area contributed by atoms with Gasteiger partial charge < -0.3 is 24.8 Å². The topological polar surface area (TPSA) is 0 Å². The van der Waals surface area contributed by atoms with E-state index in [1.54, 1.807) is 23.3 Å². The zero-order valence-corrected chi connectivity index (χ0v) is 19.7. The van der Waals surface area contributed by atoms with Crippen molar-refractivity contribution < 1.29 is 48.1 Å². The van der Waals surface area contributed by atoms with Gasteiger partial charge in [-0.05, 0) is 13.3 Å². The molecule has 3 aromatic carbocycles. The monoisotopic (exact) mass is 461 g/mol. The molecule has 0 saturated carbocycles. The van der Waals surface area contributed by atoms with Gasteiger partial charge in [-0.15, -0.1) is 33.7 Å². The van der Waals surface area contributed by atoms with Crippen LogP contribution < -0.4 is 24.8 Å². The first-order valence-corrected chi connectivity index (χ1v) is 14.2. The van der Waals surface area contributed by atoms with Gasteiger partial charge in [-0.3, -0.25) is 0 Å². The standard InChI is InChI=1S/C19H15.C2H6Si.2ClH.Zr/c1-13-6-4-9-15(13)17-10-5-11-18-16-8-3-2-7-14(16)12-19(17)18;1-3-2;;;/h2-8,10-12H,9H2,1H3;1-2H3;2*1H;/q-1;;;;+2/p-2. The Morgan fingerprint density at radius 3 is 2.24 bits per heavy atom. The van der Waals surface area contributed by atoms with Crippen LogP contribution in [0, 0.1) is 0 Å². The van der Waals surface area contributed by atoms with E-state index in [-0.39, 0.29) is 30.2 Å². The summed E-state index contributed by atoms with van der Waals surface area (Å²) in [5.41, 5.74) is 4.48. The maximum Gasteiger partial charge on any atom is -1.00 e. The Morgan fingerprint density at radius 2 is 1.60 bits per heavy atom. The molecule has 0 nitrogen and oxygen atoms in total. The molecule has 3 aromatic rings. The van der Waals surface area contributed by atoms with Gasteiger partial charge in [0.15, 0.2) is 0 Å². The van der Waals surface area contributed by atoms with E-state index in [1.165, 1.54) is 38.3 Å². The number of halogens is 2. The van der Waals surface area contributed by atoms with Gasteiger partial charge in [0.05, 0.1) is 0 Å². The molecule has 0 saturated heterocycles. The molecule has 0 aliphatic heterocycles. The minimum atomic E-state index is 0. The van der Waals surface area contributed by atoms with Crippen molar-refractivity contribution in [2.24, 2.45) is 0 Å². The number of allylic oxidation sites excluding steroid dienone is 4. The van der Waals surface area contributed by atoms with Crippen LogP contribution in [-0.4, -0.2) is 5.43 Å². The van der Waals surface area contributed by atoms with E-state index in [0.717, 1.165) is 6.42 Å². The summed E-state index contributed by atoms with van der Waals surface area (Å²) >= 11 is 1.74. The molecule has 0 atom stereocenters. The Morgan fingerprint density at radius 1 is 0.960 bits per heavy atom. The van der Waals surface area contributed by atoms with Crippen molar-refractivity contribution in [3.63, 3.8) is 0 Å². The van der Waals surface area contributed by atoms with Crippen molar-refractivity contribution in [2.45, 2.75) is 26.4 Å². The Bertz CT molecular complexity index is 947. The Hall–Kier alpha value is -0.530. The van der Waals surface area contributed by atoms with Gasteiger partial charge in [-0.2, -0.15) is 0 Å². The Kier molecular flexibility index (Phi) is 8.98. The third-order valence-corrected chi connectivity index (χ3v) is 4.15. The zero-order valence-electron chi connectivity index (χ0n) is 14.7. The van der Waals surface area contributed by atoms with Gasteiger partial charge in [0, 0.05) is 0 Å². The summed E-state index contributed by atoms with van der Waals surface area (Å²) in [6, 6.07) is 17.7. The maximum absolute atomic E-state index is 2.33. The molecular weight excluding hydrogens is 442 g/mol. The largest absolute Gasteiger partial charge is 1.00 e. The van der Waals surface area contributed by atoms with Crippen molar-refractivity contribution in [1.82, 2.24) is 0 Å². The van der Waals surface area contributed by atoms with Crippen LogP contribution in [0.1, 0.15) is 18.9 Å². The quantitative estimate of drug-likeness (QED) is 0.358. The summed E-state index contributed by atoms with van der Waals surface area (Å²) in [5.74, 6) is 0. The van der Waals surface area contributed by atoms with E-state index in [4.69, 9.17) is 0 Å². The predicted molar refractivity (Wildman–Crippen MR) is 101 cm³/mol. The smallest absolute Gasteiger partial charge is 1.00 e. The van der Waals surface area contributed by atoms with Gasteiger partial charge in [0.2, 0.25) is 0 Å². The first-order chi connectivity index (χ1) is 11.1. The number of benzene rings is 2. The van der Waals surface area contributed by atoms with Gasteiger partial charge in [-0.1, -0.05) is 65.3 Å². The van der Waals surface area contributed by atoms with Gasteiger partial charge in [-0.25, -0.2) is 0 Å². The zero-order chi connectivity index (χ0) is 16.4. The van der Waals surface area contributed by atoms with Crippen LogP contribution in [0.4, 0.5) is 0 Å². The molecule has 0 radical (unpaired) electrons. The molecular formula is C21H21Cl2SiZr-. The molecule has 25 heavy (non-hydrogen) atoms. The first-order valence-electron chi connectivity index (χ1n) is 8.03. The van der Waals surface area contributed by atoms with Crippen molar-refractivity contribution in [3.8, 4) is 0 Å². The summed E-state index contributed by atoms with van der Waals surface area (Å²) in [6.45, 7) is 6.83. The van der Waals surface area contributed by atoms with Crippen LogP contribution in [-0.2, 0) is 23.3 Å². The number of rotatable bonds is 1. The van der Waals surface area contributed by atoms with E-state index in [2.05, 4.69) is 80.7 Å². The van der Waals surface area contributed by atoms with Crippen molar-refractivity contribution in [1.29, 1.82) is 0 Å². The van der Waals surface area contributed by atoms with Crippen molar-refractivity contribution in [2.75, 3.05) is 0 Å². The molecule has 0 aromatic heterocycles. The average Bonchev–Trinajstić information content (AvgIpc) is 3.10. The fourth-order valence-electron chi connectivity index (χ4n) is 3.18. The van der Waals surface area contributed by atoms with E-state index in [0.29, 0.717) is 0 Å². The summed E-state index contributed by atoms with van der Waals surface area (Å²) in [6.07, 6.45) is 5.55. The van der Waals surface area contributed by atoms with Gasteiger partial charge >= 0.3 is 41.9 Å². The van der Waals surface area contributed by atoms with E-state index < -0.39 is 0 Å². The SMILES string of the molecule is CC1=C(c2cccc3c2[cH-]c2ccccc23)CC=C1.C[Si](C)=[Zr+2].[Cl-].[Cl-]. The number of hydrogen-bond acceptors (Lipinski definition) is 0. The van der Waals surface area contributed by atoms with E-state index in [9.17, 15) is 0 Å². The van der Waals surface area contributed by atoms with Gasteiger partial charge in [0.25, 0.3) is 0 Å². The predicted octanol–water partition coefficient (Wildman–Crippen LogP) is 0.238. The second kappa shape index (κ2) is 9.97.